The van der Waals surface area contributed by atoms with Gasteiger partial charge < -0.3 is 14.3 Å². The van der Waals surface area contributed by atoms with Crippen LogP contribution in [-0.4, -0.2) is 23.4 Å². The average molecular weight is 461 g/mol. The molecule has 5 rings (SSSR count). The Hall–Kier alpha value is -0.800. The summed E-state index contributed by atoms with van der Waals surface area (Å²) in [6.45, 7) is 16.8. The van der Waals surface area contributed by atoms with Crippen LogP contribution in [0.3, 0.4) is 0 Å². The van der Waals surface area contributed by atoms with Crippen molar-refractivity contribution in [3.63, 3.8) is 0 Å². The molecule has 5 unspecified atom stereocenters. The van der Waals surface area contributed by atoms with Crippen molar-refractivity contribution in [3.05, 3.63) is 23.2 Å². The van der Waals surface area contributed by atoms with Crippen LogP contribution in [0.25, 0.3) is 0 Å². The highest BCUT2D eigenvalue weighted by molar-refractivity contribution is 5.29. The zero-order chi connectivity index (χ0) is 24.2. The minimum Gasteiger partial charge on any atom is -0.469 e. The van der Waals surface area contributed by atoms with Crippen LogP contribution in [0.2, 0.25) is 0 Å². The maximum Gasteiger partial charge on any atom is 0.107 e. The van der Waals surface area contributed by atoms with Gasteiger partial charge in [-0.25, -0.2) is 0 Å². The molecule has 1 aliphatic heterocycles. The molecule has 0 radical (unpaired) electrons. The molecule has 2 saturated carbocycles. The Labute approximate surface area is 204 Å². The van der Waals surface area contributed by atoms with Gasteiger partial charge in [0.15, 0.2) is 0 Å². The molecule has 3 heteroatoms. The predicted octanol–water partition coefficient (Wildman–Crippen LogP) is 7.75. The summed E-state index contributed by atoms with van der Waals surface area (Å²) < 4.78 is 11.2. The van der Waals surface area contributed by atoms with Gasteiger partial charge in [0.05, 0.1) is 24.6 Å². The van der Waals surface area contributed by atoms with E-state index in [0.29, 0.717) is 17.4 Å². The minimum atomic E-state index is -0.0289. The largest absolute Gasteiger partial charge is 0.469 e. The van der Waals surface area contributed by atoms with Crippen LogP contribution < -0.4 is 0 Å². The highest BCUT2D eigenvalue weighted by Gasteiger charge is 2.46. The average Bonchev–Trinajstić information content (AvgIpc) is 3.13. The lowest BCUT2D eigenvalue weighted by atomic mass is 9.70. The molecule has 1 aromatic rings. The van der Waals surface area contributed by atoms with E-state index in [9.17, 15) is 5.11 Å². The first-order chi connectivity index (χ1) is 15.6. The first-order valence-electron chi connectivity index (χ1n) is 14.0. The monoisotopic (exact) mass is 460 g/mol. The standard InChI is InChI=1S/C10H18O.C10H14O.C10H20O/c1-8-3-5-10(6-4-8)9(2)7-11-10;1-7-3-4-9-8(2)6-11-10(9)5-7;1-7(2)9-5-4-8(3)6-10(9)11/h8-9H,3-7H2,1-2H3;6-7H,3-5H2,1-2H3;7-11H,4-6H2,1-3H3. The summed E-state index contributed by atoms with van der Waals surface area (Å²) in [5.41, 5.74) is 3.15. The summed E-state index contributed by atoms with van der Waals surface area (Å²) in [6, 6.07) is 0. The van der Waals surface area contributed by atoms with Gasteiger partial charge in [-0.2, -0.15) is 0 Å². The molecule has 3 fully saturated rings. The maximum atomic E-state index is 9.71. The molecule has 190 valence electrons. The molecule has 1 aromatic heterocycles. The van der Waals surface area contributed by atoms with Gasteiger partial charge in [-0.05, 0) is 99.0 Å². The third-order valence-corrected chi connectivity index (χ3v) is 9.24. The molecule has 1 saturated heterocycles. The summed E-state index contributed by atoms with van der Waals surface area (Å²) >= 11 is 0. The molecule has 1 N–H and O–H groups in total. The van der Waals surface area contributed by atoms with Gasteiger partial charge in [0.25, 0.3) is 0 Å². The van der Waals surface area contributed by atoms with E-state index >= 15 is 0 Å². The van der Waals surface area contributed by atoms with Gasteiger partial charge in [-0.15, -0.1) is 0 Å². The Morgan fingerprint density at radius 2 is 1.64 bits per heavy atom. The van der Waals surface area contributed by atoms with Gasteiger partial charge in [0.2, 0.25) is 0 Å². The molecule has 0 amide bonds. The number of aliphatic hydroxyl groups excluding tert-OH is 1. The van der Waals surface area contributed by atoms with Gasteiger partial charge in [-0.1, -0.05) is 48.0 Å². The number of hydrogen-bond donors (Lipinski definition) is 1. The van der Waals surface area contributed by atoms with Crippen LogP contribution in [0.1, 0.15) is 110 Å². The molecule has 3 nitrogen and oxygen atoms in total. The fourth-order valence-corrected chi connectivity index (χ4v) is 6.36. The summed E-state index contributed by atoms with van der Waals surface area (Å²) in [6.07, 6.45) is 14.5. The van der Waals surface area contributed by atoms with E-state index in [-0.39, 0.29) is 6.10 Å². The highest BCUT2D eigenvalue weighted by Crippen LogP contribution is 2.45. The molecule has 33 heavy (non-hydrogen) atoms. The van der Waals surface area contributed by atoms with Gasteiger partial charge in [0, 0.05) is 12.3 Å². The van der Waals surface area contributed by atoms with E-state index in [1.54, 1.807) is 0 Å². The topological polar surface area (TPSA) is 42.6 Å². The van der Waals surface area contributed by atoms with Crippen molar-refractivity contribution in [2.24, 2.45) is 35.5 Å². The molecule has 2 heterocycles. The maximum absolute atomic E-state index is 9.71. The summed E-state index contributed by atoms with van der Waals surface area (Å²) in [5.74, 6) is 5.77. The number of furan rings is 1. The minimum absolute atomic E-state index is 0.0289. The lowest BCUT2D eigenvalue weighted by Gasteiger charge is -2.51. The van der Waals surface area contributed by atoms with Crippen LogP contribution in [0.5, 0.6) is 0 Å². The van der Waals surface area contributed by atoms with Gasteiger partial charge in [-0.3, -0.25) is 0 Å². The van der Waals surface area contributed by atoms with Crippen molar-refractivity contribution in [2.75, 3.05) is 6.61 Å². The van der Waals surface area contributed by atoms with Crippen LogP contribution in [0.4, 0.5) is 0 Å². The van der Waals surface area contributed by atoms with E-state index in [0.717, 1.165) is 43.1 Å². The molecule has 3 aliphatic carbocycles. The van der Waals surface area contributed by atoms with E-state index in [2.05, 4.69) is 48.5 Å². The van der Waals surface area contributed by atoms with Crippen molar-refractivity contribution in [1.82, 2.24) is 0 Å². The van der Waals surface area contributed by atoms with Crippen LogP contribution >= 0.6 is 0 Å². The quantitative estimate of drug-likeness (QED) is 0.466. The Balaban J connectivity index is 0.000000139. The SMILES string of the molecule is CC1CCC(C(C)C)C(O)C1.CC1CCC2(CC1)OCC2C.Cc1coc2c1CCC(C)C2. The molecule has 1 spiro atoms. The zero-order valence-electron chi connectivity index (χ0n) is 22.7. The normalized spacial score (nSPS) is 37.8. The number of hydrogen-bond acceptors (Lipinski definition) is 3. The van der Waals surface area contributed by atoms with E-state index in [4.69, 9.17) is 9.15 Å². The van der Waals surface area contributed by atoms with Crippen molar-refractivity contribution < 1.29 is 14.3 Å². The number of ether oxygens (including phenoxy) is 1. The third kappa shape index (κ3) is 6.88. The lowest BCUT2D eigenvalue weighted by molar-refractivity contribution is -0.216. The van der Waals surface area contributed by atoms with Crippen molar-refractivity contribution in [3.8, 4) is 0 Å². The lowest BCUT2D eigenvalue weighted by Crippen LogP contribution is -2.53. The second kappa shape index (κ2) is 11.8. The van der Waals surface area contributed by atoms with Crippen LogP contribution in [0, 0.1) is 42.4 Å². The van der Waals surface area contributed by atoms with Gasteiger partial charge >= 0.3 is 0 Å². The second-order valence-electron chi connectivity index (χ2n) is 12.5. The second-order valence-corrected chi connectivity index (χ2v) is 12.5. The number of rotatable bonds is 1. The predicted molar refractivity (Wildman–Crippen MR) is 137 cm³/mol. The first-order valence-corrected chi connectivity index (χ1v) is 14.0. The fraction of sp³-hybridized carbons (Fsp3) is 0.867. The number of fused-ring (bicyclic) bond motifs is 1. The molecule has 0 bridgehead atoms. The van der Waals surface area contributed by atoms with E-state index < -0.39 is 0 Å². The highest BCUT2D eigenvalue weighted by atomic mass is 16.5. The zero-order valence-corrected chi connectivity index (χ0v) is 22.7. The van der Waals surface area contributed by atoms with E-state index in [1.165, 1.54) is 68.3 Å². The van der Waals surface area contributed by atoms with Crippen LogP contribution in [-0.2, 0) is 17.6 Å². The van der Waals surface area contributed by atoms with Crippen molar-refractivity contribution in [1.29, 1.82) is 0 Å². The summed E-state index contributed by atoms with van der Waals surface area (Å²) in [7, 11) is 0. The van der Waals surface area contributed by atoms with Gasteiger partial charge in [0.1, 0.15) is 5.76 Å². The third-order valence-electron chi connectivity index (χ3n) is 9.24. The van der Waals surface area contributed by atoms with Crippen molar-refractivity contribution in [2.45, 2.75) is 124 Å². The Morgan fingerprint density at radius 1 is 0.939 bits per heavy atom. The summed E-state index contributed by atoms with van der Waals surface area (Å²) in [5, 5.41) is 9.71. The van der Waals surface area contributed by atoms with Crippen molar-refractivity contribution >= 4 is 0 Å². The Kier molecular flexibility index (Phi) is 9.55. The Morgan fingerprint density at radius 3 is 2.18 bits per heavy atom. The Bertz CT molecular complexity index is 712. The molecular weight excluding hydrogens is 408 g/mol. The number of aliphatic hydroxyl groups is 1. The first kappa shape index (κ1) is 26.8. The smallest absolute Gasteiger partial charge is 0.107 e. The molecule has 5 atom stereocenters. The molecule has 0 aromatic carbocycles. The molecular formula is C30H52O3. The fourth-order valence-electron chi connectivity index (χ4n) is 6.36. The summed E-state index contributed by atoms with van der Waals surface area (Å²) in [4.78, 5) is 0. The van der Waals surface area contributed by atoms with E-state index in [1.807, 2.05) is 6.26 Å². The molecule has 4 aliphatic rings. The van der Waals surface area contributed by atoms with Crippen LogP contribution in [0.15, 0.2) is 10.7 Å². The number of aryl methyl sites for hydroxylation is 1.